The van der Waals surface area contributed by atoms with Gasteiger partial charge in [-0.3, -0.25) is 4.79 Å². The van der Waals surface area contributed by atoms with E-state index in [0.717, 1.165) is 5.69 Å². The van der Waals surface area contributed by atoms with E-state index in [9.17, 15) is 4.79 Å². The highest BCUT2D eigenvalue weighted by Crippen LogP contribution is 1.97. The number of esters is 1. The van der Waals surface area contributed by atoms with Crippen LogP contribution in [0.1, 0.15) is 5.69 Å². The van der Waals surface area contributed by atoms with Crippen LogP contribution in [0.15, 0.2) is 18.6 Å². The zero-order valence-electron chi connectivity index (χ0n) is 8.12. The molecule has 0 spiro atoms. The molecule has 0 amide bonds. The number of nitrogens with zero attached hydrogens (tertiary/aromatic N) is 2. The third-order valence-corrected chi connectivity index (χ3v) is 1.58. The second kappa shape index (κ2) is 8.40. The number of nitrogens with two attached hydrogens (primary N) is 1. The van der Waals surface area contributed by atoms with Gasteiger partial charge in [-0.15, -0.1) is 24.8 Å². The molecule has 0 radical (unpaired) electrons. The van der Waals surface area contributed by atoms with E-state index in [0.29, 0.717) is 6.42 Å². The summed E-state index contributed by atoms with van der Waals surface area (Å²) in [5.41, 5.74) is 6.25. The Morgan fingerprint density at radius 3 is 2.73 bits per heavy atom. The molecule has 7 heteroatoms. The van der Waals surface area contributed by atoms with Gasteiger partial charge in [0.2, 0.25) is 0 Å². The molecule has 0 saturated heterocycles. The number of halogens is 2. The van der Waals surface area contributed by atoms with Gasteiger partial charge in [0.1, 0.15) is 12.4 Å². The van der Waals surface area contributed by atoms with Crippen LogP contribution in [0, 0.1) is 0 Å². The number of aromatic nitrogens is 2. The van der Waals surface area contributed by atoms with Gasteiger partial charge in [-0.25, -0.2) is 9.97 Å². The Balaban J connectivity index is 0. The molecule has 1 heterocycles. The molecule has 1 rings (SSSR count). The minimum absolute atomic E-state index is 0. The quantitative estimate of drug-likeness (QED) is 0.788. The van der Waals surface area contributed by atoms with Crippen molar-refractivity contribution in [2.75, 3.05) is 7.11 Å². The standard InChI is InChI=1S/C8H11N3O2.2ClH/c1-13-8(12)7(9)4-6-2-3-10-5-11-6;;/h2-3,5,7H,4,9H2,1H3;2*1H/t7-;;/m1../s1. The lowest BCUT2D eigenvalue weighted by Crippen LogP contribution is -2.33. The molecule has 1 aromatic heterocycles. The molecule has 0 fully saturated rings. The minimum atomic E-state index is -0.653. The highest BCUT2D eigenvalue weighted by Gasteiger charge is 2.14. The lowest BCUT2D eigenvalue weighted by molar-refractivity contribution is -0.142. The Hall–Kier alpha value is -0.910. The Bertz CT molecular complexity index is 284. The summed E-state index contributed by atoms with van der Waals surface area (Å²) in [5.74, 6) is -0.432. The van der Waals surface area contributed by atoms with Crippen LogP contribution < -0.4 is 5.73 Å². The first kappa shape index (κ1) is 16.5. The molecule has 0 aliphatic rings. The van der Waals surface area contributed by atoms with Gasteiger partial charge in [0.25, 0.3) is 0 Å². The molecule has 1 aromatic rings. The number of carbonyl (C=O) groups excluding carboxylic acids is 1. The van der Waals surface area contributed by atoms with E-state index in [2.05, 4.69) is 14.7 Å². The topological polar surface area (TPSA) is 78.1 Å². The number of hydrogen-bond acceptors (Lipinski definition) is 5. The van der Waals surface area contributed by atoms with E-state index in [1.54, 1.807) is 12.3 Å². The first-order valence-corrected chi connectivity index (χ1v) is 3.82. The number of ether oxygens (including phenoxy) is 1. The van der Waals surface area contributed by atoms with Crippen LogP contribution in [0.5, 0.6) is 0 Å². The average molecular weight is 254 g/mol. The van der Waals surface area contributed by atoms with Crippen LogP contribution in [0.25, 0.3) is 0 Å². The van der Waals surface area contributed by atoms with Gasteiger partial charge < -0.3 is 10.5 Å². The molecule has 0 unspecified atom stereocenters. The lowest BCUT2D eigenvalue weighted by atomic mass is 10.2. The average Bonchev–Trinajstić information content (AvgIpc) is 2.18. The molecule has 0 aliphatic heterocycles. The molecule has 15 heavy (non-hydrogen) atoms. The summed E-state index contributed by atoms with van der Waals surface area (Å²) in [5, 5.41) is 0. The molecular weight excluding hydrogens is 241 g/mol. The van der Waals surface area contributed by atoms with Crippen molar-refractivity contribution in [1.29, 1.82) is 0 Å². The summed E-state index contributed by atoms with van der Waals surface area (Å²) in [7, 11) is 1.31. The van der Waals surface area contributed by atoms with E-state index < -0.39 is 12.0 Å². The van der Waals surface area contributed by atoms with Crippen LogP contribution in [-0.2, 0) is 16.0 Å². The molecule has 1 atom stereocenters. The first-order chi connectivity index (χ1) is 6.24. The summed E-state index contributed by atoms with van der Waals surface area (Å²) < 4.78 is 4.48. The molecule has 86 valence electrons. The van der Waals surface area contributed by atoms with Crippen molar-refractivity contribution in [3.63, 3.8) is 0 Å². The molecule has 0 aromatic carbocycles. The van der Waals surface area contributed by atoms with Crippen molar-refractivity contribution in [2.24, 2.45) is 5.73 Å². The molecule has 0 saturated carbocycles. The van der Waals surface area contributed by atoms with E-state index >= 15 is 0 Å². The van der Waals surface area contributed by atoms with Gasteiger partial charge in [0.15, 0.2) is 0 Å². The minimum Gasteiger partial charge on any atom is -0.468 e. The lowest BCUT2D eigenvalue weighted by Gasteiger charge is -2.07. The maximum atomic E-state index is 10.9. The Kier molecular flexibility index (Phi) is 9.25. The van der Waals surface area contributed by atoms with Crippen molar-refractivity contribution in [1.82, 2.24) is 9.97 Å². The number of hydrogen-bond donors (Lipinski definition) is 1. The molecule has 5 nitrogen and oxygen atoms in total. The van der Waals surface area contributed by atoms with Crippen molar-refractivity contribution in [2.45, 2.75) is 12.5 Å². The fraction of sp³-hybridized carbons (Fsp3) is 0.375. The monoisotopic (exact) mass is 253 g/mol. The third kappa shape index (κ3) is 5.51. The molecule has 2 N–H and O–H groups in total. The van der Waals surface area contributed by atoms with E-state index in [-0.39, 0.29) is 24.8 Å². The number of methoxy groups -OCH3 is 1. The van der Waals surface area contributed by atoms with Crippen LogP contribution >= 0.6 is 24.8 Å². The SMILES string of the molecule is COC(=O)[C@H](N)Cc1ccncn1.Cl.Cl. The Morgan fingerprint density at radius 1 is 1.60 bits per heavy atom. The fourth-order valence-electron chi connectivity index (χ4n) is 0.899. The fourth-order valence-corrected chi connectivity index (χ4v) is 0.899. The molecule has 0 bridgehead atoms. The second-order valence-corrected chi connectivity index (χ2v) is 2.53. The number of carbonyl (C=O) groups is 1. The number of rotatable bonds is 3. The van der Waals surface area contributed by atoms with Crippen molar-refractivity contribution in [3.8, 4) is 0 Å². The highest BCUT2D eigenvalue weighted by atomic mass is 35.5. The van der Waals surface area contributed by atoms with E-state index in [1.807, 2.05) is 0 Å². The smallest absolute Gasteiger partial charge is 0.323 e. The summed E-state index contributed by atoms with van der Waals surface area (Å²) in [6.45, 7) is 0. The highest BCUT2D eigenvalue weighted by molar-refractivity contribution is 5.85. The summed E-state index contributed by atoms with van der Waals surface area (Å²) in [4.78, 5) is 18.6. The second-order valence-electron chi connectivity index (χ2n) is 2.53. The van der Waals surface area contributed by atoms with Crippen molar-refractivity contribution in [3.05, 3.63) is 24.3 Å². The van der Waals surface area contributed by atoms with Gasteiger partial charge >= 0.3 is 5.97 Å². The summed E-state index contributed by atoms with van der Waals surface area (Å²) >= 11 is 0. The normalized spacial score (nSPS) is 10.5. The predicted octanol–water partition coefficient (Wildman–Crippen LogP) is 0.363. The Labute approximate surface area is 100 Å². The van der Waals surface area contributed by atoms with Gasteiger partial charge in [-0.1, -0.05) is 0 Å². The van der Waals surface area contributed by atoms with Crippen LogP contribution in [0.2, 0.25) is 0 Å². The molecular formula is C8H13Cl2N3O2. The summed E-state index contributed by atoms with van der Waals surface area (Å²) in [6.07, 6.45) is 3.39. The predicted molar refractivity (Wildman–Crippen MR) is 60.2 cm³/mol. The zero-order valence-corrected chi connectivity index (χ0v) is 9.75. The Morgan fingerprint density at radius 2 is 2.27 bits per heavy atom. The van der Waals surface area contributed by atoms with Gasteiger partial charge in [-0.2, -0.15) is 0 Å². The van der Waals surface area contributed by atoms with Crippen molar-refractivity contribution >= 4 is 30.8 Å². The van der Waals surface area contributed by atoms with Gasteiger partial charge in [-0.05, 0) is 6.07 Å². The van der Waals surface area contributed by atoms with Crippen molar-refractivity contribution < 1.29 is 9.53 Å². The third-order valence-electron chi connectivity index (χ3n) is 1.58. The van der Waals surface area contributed by atoms with Crippen LogP contribution in [-0.4, -0.2) is 29.1 Å². The van der Waals surface area contributed by atoms with Gasteiger partial charge in [0.05, 0.1) is 7.11 Å². The van der Waals surface area contributed by atoms with Crippen LogP contribution in [0.4, 0.5) is 0 Å². The largest absolute Gasteiger partial charge is 0.468 e. The van der Waals surface area contributed by atoms with E-state index in [1.165, 1.54) is 13.4 Å². The first-order valence-electron chi connectivity index (χ1n) is 3.82. The van der Waals surface area contributed by atoms with E-state index in [4.69, 9.17) is 5.73 Å². The summed E-state index contributed by atoms with van der Waals surface area (Å²) in [6, 6.07) is 1.06. The van der Waals surface area contributed by atoms with Gasteiger partial charge in [0, 0.05) is 18.3 Å². The maximum Gasteiger partial charge on any atom is 0.323 e. The maximum absolute atomic E-state index is 10.9. The zero-order chi connectivity index (χ0) is 9.68. The molecule has 0 aliphatic carbocycles. The van der Waals surface area contributed by atoms with Crippen LogP contribution in [0.3, 0.4) is 0 Å².